The van der Waals surface area contributed by atoms with Crippen molar-refractivity contribution in [1.82, 2.24) is 9.88 Å². The Bertz CT molecular complexity index is 2490. The number of benzene rings is 6. The van der Waals surface area contributed by atoms with E-state index >= 15 is 0 Å². The number of carbonyl (C=O) groups is 3. The number of para-hydroxylation sites is 1. The summed E-state index contributed by atoms with van der Waals surface area (Å²) in [4.78, 5) is 43.7. The van der Waals surface area contributed by atoms with E-state index < -0.39 is 17.1 Å². The molecule has 9 heteroatoms. The van der Waals surface area contributed by atoms with Gasteiger partial charge in [0.15, 0.2) is 0 Å². The molecule has 0 aliphatic rings. The summed E-state index contributed by atoms with van der Waals surface area (Å²) in [6.45, 7) is 2.98. The molecule has 0 fully saturated rings. The molecule has 274 valence electrons. The number of carbonyl (C=O) groups excluding carboxylic acids is 3. The maximum atomic E-state index is 14.0. The molecule has 0 saturated carbocycles. The van der Waals surface area contributed by atoms with Crippen molar-refractivity contribution >= 4 is 74.4 Å². The second kappa shape index (κ2) is 16.6. The van der Waals surface area contributed by atoms with Crippen molar-refractivity contribution in [3.63, 3.8) is 0 Å². The van der Waals surface area contributed by atoms with Gasteiger partial charge in [-0.05, 0) is 96.9 Å². The first-order valence-corrected chi connectivity index (χ1v) is 19.0. The van der Waals surface area contributed by atoms with Crippen LogP contribution in [0.25, 0.3) is 27.9 Å². The number of hydrogen-bond donors (Lipinski definition) is 3. The van der Waals surface area contributed by atoms with Crippen LogP contribution in [-0.4, -0.2) is 36.4 Å². The fraction of sp³-hybridized carbons (Fsp3) is 0.109. The van der Waals surface area contributed by atoms with E-state index in [4.69, 9.17) is 0 Å². The van der Waals surface area contributed by atoms with E-state index in [2.05, 4.69) is 51.7 Å². The molecule has 1 heterocycles. The van der Waals surface area contributed by atoms with Crippen LogP contribution in [0.5, 0.6) is 0 Å². The molecule has 0 saturated heterocycles. The number of thioether (sulfide) groups is 1. The molecule has 1 unspecified atom stereocenters. The minimum atomic E-state index is -0.545. The number of fused-ring (bicyclic) bond motifs is 3. The zero-order chi connectivity index (χ0) is 38.3. The summed E-state index contributed by atoms with van der Waals surface area (Å²) < 4.78 is 2.28. The Morgan fingerprint density at radius 2 is 1.33 bits per heavy atom. The molecular formula is C46H41N5O3S. The van der Waals surface area contributed by atoms with Crippen LogP contribution in [0.3, 0.4) is 0 Å². The highest BCUT2D eigenvalue weighted by atomic mass is 32.2. The van der Waals surface area contributed by atoms with Crippen LogP contribution in [0.1, 0.15) is 33.7 Å². The molecule has 3 amide bonds. The standard InChI is InChI=1S/C46H41N5O3S/c1-4-51-41-18-12-11-17-38(41)39-30-35(23-28-42(39)51)48-46(54)43(32-13-7-5-8-14-32)55-37-26-21-34(22-27-37)47-45(53)40(49-44(52)33-15-9-6-10-16-33)29-31-19-24-36(25-20-31)50(2)3/h5-30,43H,4H2,1-3H3,(H,47,53)(H,48,54)(H,49,52)/b40-29-. The molecule has 7 rings (SSSR count). The summed E-state index contributed by atoms with van der Waals surface area (Å²) in [7, 11) is 3.91. The zero-order valence-electron chi connectivity index (χ0n) is 30.8. The van der Waals surface area contributed by atoms with Crippen LogP contribution >= 0.6 is 11.8 Å². The molecule has 0 radical (unpaired) electrons. The number of hydrogen-bond acceptors (Lipinski definition) is 5. The molecule has 55 heavy (non-hydrogen) atoms. The summed E-state index contributed by atoms with van der Waals surface area (Å²) in [5.74, 6) is -1.01. The fourth-order valence-corrected chi connectivity index (χ4v) is 7.53. The van der Waals surface area contributed by atoms with Gasteiger partial charge < -0.3 is 25.4 Å². The average Bonchev–Trinajstić information content (AvgIpc) is 3.53. The molecule has 3 N–H and O–H groups in total. The van der Waals surface area contributed by atoms with Gasteiger partial charge in [0.1, 0.15) is 10.9 Å². The van der Waals surface area contributed by atoms with Gasteiger partial charge in [-0.3, -0.25) is 14.4 Å². The largest absolute Gasteiger partial charge is 0.378 e. The Morgan fingerprint density at radius 3 is 2.02 bits per heavy atom. The van der Waals surface area contributed by atoms with Gasteiger partial charge in [0.2, 0.25) is 5.91 Å². The second-order valence-electron chi connectivity index (χ2n) is 13.2. The van der Waals surface area contributed by atoms with Crippen LogP contribution in [0.4, 0.5) is 17.1 Å². The first kappa shape index (κ1) is 36.8. The topological polar surface area (TPSA) is 95.5 Å². The van der Waals surface area contributed by atoms with Crippen LogP contribution in [0, 0.1) is 0 Å². The van der Waals surface area contributed by atoms with Gasteiger partial charge in [-0.25, -0.2) is 0 Å². The summed E-state index contributed by atoms with van der Waals surface area (Å²) in [5.41, 5.74) is 6.74. The van der Waals surface area contributed by atoms with E-state index in [0.717, 1.165) is 50.2 Å². The van der Waals surface area contributed by atoms with Gasteiger partial charge in [0.05, 0.1) is 0 Å². The highest BCUT2D eigenvalue weighted by Crippen LogP contribution is 2.38. The monoisotopic (exact) mass is 743 g/mol. The van der Waals surface area contributed by atoms with Crippen molar-refractivity contribution in [3.05, 3.63) is 174 Å². The van der Waals surface area contributed by atoms with Gasteiger partial charge in [-0.2, -0.15) is 0 Å². The summed E-state index contributed by atoms with van der Waals surface area (Å²) >= 11 is 1.43. The summed E-state index contributed by atoms with van der Waals surface area (Å²) in [5, 5.41) is 10.6. The number of amides is 3. The molecule has 0 bridgehead atoms. The second-order valence-corrected chi connectivity index (χ2v) is 14.4. The van der Waals surface area contributed by atoms with Crippen molar-refractivity contribution in [3.8, 4) is 0 Å². The molecule has 1 atom stereocenters. The SMILES string of the molecule is CCn1c2ccccc2c2cc(NC(=O)C(Sc3ccc(NC(=O)/C(=C/c4ccc(N(C)C)cc4)NC(=O)c4ccccc4)cc3)c3ccccc3)ccc21. The maximum absolute atomic E-state index is 14.0. The Kier molecular flexibility index (Phi) is 11.1. The van der Waals surface area contributed by atoms with Crippen LogP contribution in [0.2, 0.25) is 0 Å². The van der Waals surface area contributed by atoms with E-state index in [1.807, 2.05) is 110 Å². The zero-order valence-corrected chi connectivity index (χ0v) is 31.6. The number of aryl methyl sites for hydroxylation is 1. The normalized spacial score (nSPS) is 11.9. The number of anilines is 3. The Hall–Kier alpha value is -6.58. The van der Waals surface area contributed by atoms with Crippen LogP contribution in [-0.2, 0) is 16.1 Å². The molecule has 1 aromatic heterocycles. The molecule has 6 aromatic carbocycles. The van der Waals surface area contributed by atoms with Crippen molar-refractivity contribution in [2.45, 2.75) is 23.6 Å². The highest BCUT2D eigenvalue weighted by molar-refractivity contribution is 8.00. The number of nitrogens with zero attached hydrogens (tertiary/aromatic N) is 2. The lowest BCUT2D eigenvalue weighted by Crippen LogP contribution is -2.30. The Morgan fingerprint density at radius 1 is 0.691 bits per heavy atom. The summed E-state index contributed by atoms with van der Waals surface area (Å²) in [6, 6.07) is 47.9. The van der Waals surface area contributed by atoms with Crippen LogP contribution in [0.15, 0.2) is 162 Å². The average molecular weight is 744 g/mol. The predicted octanol–water partition coefficient (Wildman–Crippen LogP) is 9.76. The third-order valence-electron chi connectivity index (χ3n) is 9.31. The lowest BCUT2D eigenvalue weighted by atomic mass is 10.1. The first-order valence-electron chi connectivity index (χ1n) is 18.1. The maximum Gasteiger partial charge on any atom is 0.272 e. The van der Waals surface area contributed by atoms with E-state index in [1.54, 1.807) is 42.5 Å². The number of rotatable bonds is 12. The molecule has 0 aliphatic heterocycles. The molecule has 0 spiro atoms. The van der Waals surface area contributed by atoms with E-state index in [1.165, 1.54) is 17.3 Å². The smallest absolute Gasteiger partial charge is 0.272 e. The van der Waals surface area contributed by atoms with Crippen molar-refractivity contribution in [2.24, 2.45) is 0 Å². The van der Waals surface area contributed by atoms with Gasteiger partial charge in [0, 0.05) is 70.0 Å². The van der Waals surface area contributed by atoms with E-state index in [-0.39, 0.29) is 11.6 Å². The molecule has 0 aliphatic carbocycles. The van der Waals surface area contributed by atoms with Gasteiger partial charge in [-0.1, -0.05) is 78.9 Å². The van der Waals surface area contributed by atoms with Crippen molar-refractivity contribution in [1.29, 1.82) is 0 Å². The molecule has 8 nitrogen and oxygen atoms in total. The third-order valence-corrected chi connectivity index (χ3v) is 10.6. The quantitative estimate of drug-likeness (QED) is 0.0856. The van der Waals surface area contributed by atoms with Gasteiger partial charge in [-0.15, -0.1) is 11.8 Å². The molecule has 7 aromatic rings. The number of nitrogens with one attached hydrogen (secondary N) is 3. The Labute approximate surface area is 324 Å². The minimum Gasteiger partial charge on any atom is -0.378 e. The summed E-state index contributed by atoms with van der Waals surface area (Å²) in [6.07, 6.45) is 1.66. The predicted molar refractivity (Wildman–Crippen MR) is 227 cm³/mol. The van der Waals surface area contributed by atoms with Crippen molar-refractivity contribution < 1.29 is 14.4 Å². The Balaban J connectivity index is 1.09. The molecular weight excluding hydrogens is 703 g/mol. The van der Waals surface area contributed by atoms with Gasteiger partial charge >= 0.3 is 0 Å². The van der Waals surface area contributed by atoms with Crippen molar-refractivity contribution in [2.75, 3.05) is 29.6 Å². The lowest BCUT2D eigenvalue weighted by Gasteiger charge is -2.18. The lowest BCUT2D eigenvalue weighted by molar-refractivity contribution is -0.116. The highest BCUT2D eigenvalue weighted by Gasteiger charge is 2.23. The van der Waals surface area contributed by atoms with E-state index in [9.17, 15) is 14.4 Å². The fourth-order valence-electron chi connectivity index (χ4n) is 6.51. The number of aromatic nitrogens is 1. The van der Waals surface area contributed by atoms with Gasteiger partial charge in [0.25, 0.3) is 11.8 Å². The first-order chi connectivity index (χ1) is 26.8. The minimum absolute atomic E-state index is 0.100. The third kappa shape index (κ3) is 8.48. The van der Waals surface area contributed by atoms with Crippen LogP contribution < -0.4 is 20.9 Å². The van der Waals surface area contributed by atoms with E-state index in [0.29, 0.717) is 11.3 Å².